The average molecular weight is 409 g/mol. The van der Waals surface area contributed by atoms with Gasteiger partial charge in [-0.3, -0.25) is 14.4 Å². The van der Waals surface area contributed by atoms with Gasteiger partial charge in [-0.25, -0.2) is 0 Å². The number of thioether (sulfide) groups is 1. The average Bonchev–Trinajstić information content (AvgIpc) is 3.09. The number of nitrogens with one attached hydrogen (secondary N) is 1. The molecule has 0 aromatic rings. The van der Waals surface area contributed by atoms with Crippen molar-refractivity contribution in [3.63, 3.8) is 0 Å². The molecule has 2 atom stereocenters. The maximum absolute atomic E-state index is 12.0. The van der Waals surface area contributed by atoms with Gasteiger partial charge in [0.05, 0.1) is 18.9 Å². The highest BCUT2D eigenvalue weighted by Crippen LogP contribution is 2.29. The maximum atomic E-state index is 12.0. The van der Waals surface area contributed by atoms with Gasteiger partial charge in [-0.15, -0.1) is 0 Å². The third-order valence-corrected chi connectivity index (χ3v) is 6.58. The first-order chi connectivity index (χ1) is 13.6. The molecule has 0 aromatic heterocycles. The van der Waals surface area contributed by atoms with Crippen LogP contribution in [-0.4, -0.2) is 43.0 Å². The molecule has 0 amide bonds. The van der Waals surface area contributed by atoms with Crippen molar-refractivity contribution in [1.82, 2.24) is 5.32 Å². The van der Waals surface area contributed by atoms with E-state index in [-0.39, 0.29) is 36.3 Å². The summed E-state index contributed by atoms with van der Waals surface area (Å²) in [7, 11) is 0. The van der Waals surface area contributed by atoms with E-state index in [0.717, 1.165) is 44.5 Å². The van der Waals surface area contributed by atoms with E-state index >= 15 is 0 Å². The predicted molar refractivity (Wildman–Crippen MR) is 109 cm³/mol. The lowest BCUT2D eigenvalue weighted by molar-refractivity contribution is -0.143. The van der Waals surface area contributed by atoms with E-state index in [1.54, 1.807) is 0 Å². The number of hydrogen-bond acceptors (Lipinski definition) is 7. The Balaban J connectivity index is 1.58. The lowest BCUT2D eigenvalue weighted by atomic mass is 9.83. The molecular formula is C21H32N2O4S. The second-order valence-electron chi connectivity index (χ2n) is 7.96. The molecule has 2 aliphatic rings. The fourth-order valence-electron chi connectivity index (χ4n) is 4.20. The molecule has 2 saturated heterocycles. The van der Waals surface area contributed by atoms with E-state index in [1.165, 1.54) is 24.6 Å². The summed E-state index contributed by atoms with van der Waals surface area (Å²) in [6, 6.07) is 0. The summed E-state index contributed by atoms with van der Waals surface area (Å²) in [5.74, 6) is 1.36. The number of esters is 1. The molecule has 156 valence electrons. The Kier molecular flexibility index (Phi) is 10.6. The molecule has 0 bridgehead atoms. The number of carbonyl (C=O) groups is 3. The molecule has 1 N–H and O–H groups in total. The van der Waals surface area contributed by atoms with Crippen LogP contribution in [0.25, 0.3) is 0 Å². The minimum absolute atomic E-state index is 0.0219. The standard InChI is InChI=1S/C21H32N2O4S/c22-15-28-14-18(16-6-9-23-10-7-16)4-2-1-3-5-19(24)13-20(25)12-17-8-11-27-21(17)26/h16-18,23H,1-14H2. The summed E-state index contributed by atoms with van der Waals surface area (Å²) < 4.78 is 4.85. The van der Waals surface area contributed by atoms with Crippen LogP contribution in [0.2, 0.25) is 0 Å². The van der Waals surface area contributed by atoms with Crippen LogP contribution in [0, 0.1) is 28.4 Å². The maximum Gasteiger partial charge on any atom is 0.309 e. The van der Waals surface area contributed by atoms with E-state index in [1.807, 2.05) is 0 Å². The van der Waals surface area contributed by atoms with Gasteiger partial charge in [0.2, 0.25) is 0 Å². The van der Waals surface area contributed by atoms with Crippen LogP contribution in [0.4, 0.5) is 0 Å². The van der Waals surface area contributed by atoms with Crippen molar-refractivity contribution in [3.8, 4) is 5.40 Å². The number of ether oxygens (including phenoxy) is 1. The van der Waals surface area contributed by atoms with Gasteiger partial charge in [-0.2, -0.15) is 5.26 Å². The van der Waals surface area contributed by atoms with E-state index in [2.05, 4.69) is 10.7 Å². The van der Waals surface area contributed by atoms with Gasteiger partial charge in [0, 0.05) is 18.6 Å². The molecule has 6 nitrogen and oxygen atoms in total. The zero-order valence-electron chi connectivity index (χ0n) is 16.6. The van der Waals surface area contributed by atoms with Crippen LogP contribution in [0.15, 0.2) is 0 Å². The smallest absolute Gasteiger partial charge is 0.309 e. The van der Waals surface area contributed by atoms with Crippen molar-refractivity contribution >= 4 is 29.3 Å². The number of unbranched alkanes of at least 4 members (excludes halogenated alkanes) is 2. The zero-order valence-corrected chi connectivity index (χ0v) is 17.4. The molecular weight excluding hydrogens is 376 g/mol. The second kappa shape index (κ2) is 12.9. The number of thiocyanates is 1. The molecule has 0 aromatic carbocycles. The first kappa shape index (κ1) is 22.9. The summed E-state index contributed by atoms with van der Waals surface area (Å²) in [6.45, 7) is 2.52. The summed E-state index contributed by atoms with van der Waals surface area (Å²) in [4.78, 5) is 35.3. The number of piperidine rings is 1. The molecule has 0 spiro atoms. The van der Waals surface area contributed by atoms with Gasteiger partial charge in [-0.05, 0) is 68.8 Å². The van der Waals surface area contributed by atoms with Crippen molar-refractivity contribution in [2.75, 3.05) is 25.4 Å². The first-order valence-electron chi connectivity index (χ1n) is 10.5. The molecule has 2 fully saturated rings. The third-order valence-electron chi connectivity index (χ3n) is 5.86. The minimum Gasteiger partial charge on any atom is -0.465 e. The Labute approximate surface area is 172 Å². The largest absolute Gasteiger partial charge is 0.465 e. The Morgan fingerprint density at radius 3 is 2.64 bits per heavy atom. The van der Waals surface area contributed by atoms with E-state index in [0.29, 0.717) is 31.3 Å². The van der Waals surface area contributed by atoms with E-state index in [4.69, 9.17) is 10.00 Å². The van der Waals surface area contributed by atoms with Gasteiger partial charge in [0.25, 0.3) is 0 Å². The van der Waals surface area contributed by atoms with Gasteiger partial charge in [-0.1, -0.05) is 12.8 Å². The van der Waals surface area contributed by atoms with Crippen molar-refractivity contribution < 1.29 is 19.1 Å². The fraction of sp³-hybridized carbons (Fsp3) is 0.810. The van der Waals surface area contributed by atoms with Crippen molar-refractivity contribution in [2.24, 2.45) is 17.8 Å². The van der Waals surface area contributed by atoms with Crippen LogP contribution in [-0.2, 0) is 19.1 Å². The lowest BCUT2D eigenvalue weighted by Gasteiger charge is -2.30. The van der Waals surface area contributed by atoms with Crippen molar-refractivity contribution in [2.45, 2.75) is 64.2 Å². The topological polar surface area (TPSA) is 96.3 Å². The molecule has 0 aliphatic carbocycles. The summed E-state index contributed by atoms with van der Waals surface area (Å²) >= 11 is 1.36. The first-order valence-corrected chi connectivity index (χ1v) is 11.5. The molecule has 0 radical (unpaired) electrons. The molecule has 2 rings (SSSR count). The molecule has 2 aliphatic heterocycles. The summed E-state index contributed by atoms with van der Waals surface area (Å²) in [5, 5.41) is 14.5. The van der Waals surface area contributed by atoms with Crippen LogP contribution in [0.1, 0.15) is 64.2 Å². The molecule has 2 unspecified atom stereocenters. The van der Waals surface area contributed by atoms with Crippen LogP contribution >= 0.6 is 11.8 Å². The molecule has 0 saturated carbocycles. The monoisotopic (exact) mass is 408 g/mol. The Hall–Kier alpha value is -1.39. The van der Waals surface area contributed by atoms with Crippen LogP contribution in [0.5, 0.6) is 0 Å². The Morgan fingerprint density at radius 1 is 1.18 bits per heavy atom. The predicted octanol–water partition coefficient (Wildman–Crippen LogP) is 3.25. The fourth-order valence-corrected chi connectivity index (χ4v) is 4.93. The Bertz CT molecular complexity index is 569. The van der Waals surface area contributed by atoms with E-state index < -0.39 is 0 Å². The van der Waals surface area contributed by atoms with Crippen LogP contribution in [0.3, 0.4) is 0 Å². The normalized spacial score (nSPS) is 21.1. The van der Waals surface area contributed by atoms with Gasteiger partial charge in [0.15, 0.2) is 0 Å². The number of rotatable bonds is 13. The number of nitrogens with zero attached hydrogens (tertiary/aromatic N) is 1. The van der Waals surface area contributed by atoms with E-state index in [9.17, 15) is 14.4 Å². The number of hydrogen-bond donors (Lipinski definition) is 1. The van der Waals surface area contributed by atoms with Gasteiger partial charge in [0.1, 0.15) is 17.0 Å². The Morgan fingerprint density at radius 2 is 1.96 bits per heavy atom. The highest BCUT2D eigenvalue weighted by molar-refractivity contribution is 8.03. The highest BCUT2D eigenvalue weighted by atomic mass is 32.2. The summed E-state index contributed by atoms with van der Waals surface area (Å²) in [6.07, 6.45) is 7.44. The van der Waals surface area contributed by atoms with Gasteiger partial charge >= 0.3 is 5.97 Å². The SMILES string of the molecule is N#CSCC(CCCCCC(=O)CC(=O)CC1CCOC1=O)C1CCNCC1. The number of cyclic esters (lactones) is 1. The summed E-state index contributed by atoms with van der Waals surface area (Å²) in [5.41, 5.74) is 0. The van der Waals surface area contributed by atoms with Crippen molar-refractivity contribution in [1.29, 1.82) is 5.26 Å². The minimum atomic E-state index is -0.349. The number of nitriles is 1. The zero-order chi connectivity index (χ0) is 20.2. The van der Waals surface area contributed by atoms with Crippen molar-refractivity contribution in [3.05, 3.63) is 0 Å². The molecule has 28 heavy (non-hydrogen) atoms. The number of ketones is 2. The highest BCUT2D eigenvalue weighted by Gasteiger charge is 2.29. The molecule has 2 heterocycles. The molecule has 7 heteroatoms. The number of carbonyl (C=O) groups excluding carboxylic acids is 3. The van der Waals surface area contributed by atoms with Gasteiger partial charge < -0.3 is 10.1 Å². The quantitative estimate of drug-likeness (QED) is 0.216. The third kappa shape index (κ3) is 8.32. The van der Waals surface area contributed by atoms with Crippen LogP contribution < -0.4 is 5.32 Å². The lowest BCUT2D eigenvalue weighted by Crippen LogP contribution is -2.32. The number of Topliss-reactive ketones (excluding diaryl/α,β-unsaturated/α-hetero) is 2. The second-order valence-corrected chi connectivity index (χ2v) is 8.77.